The molecule has 8 aromatic rings. The first-order valence-corrected chi connectivity index (χ1v) is 14.5. The minimum absolute atomic E-state index is 0.224. The highest BCUT2D eigenvalue weighted by Crippen LogP contribution is 2.57. The summed E-state index contributed by atoms with van der Waals surface area (Å²) in [5, 5.41) is 7.46. The summed E-state index contributed by atoms with van der Waals surface area (Å²) in [7, 11) is 0. The van der Waals surface area contributed by atoms with Crippen LogP contribution in [0.4, 0.5) is 0 Å². The van der Waals surface area contributed by atoms with Gasteiger partial charge in [0.25, 0.3) is 0 Å². The predicted octanol–water partition coefficient (Wildman–Crippen LogP) is 9.85. The summed E-state index contributed by atoms with van der Waals surface area (Å²) >= 11 is 0. The molecule has 2 aromatic heterocycles. The van der Waals surface area contributed by atoms with Crippen molar-refractivity contribution in [1.82, 2.24) is 14.5 Å². The first kappa shape index (κ1) is 23.4. The number of hydrogen-bond donors (Lipinski definition) is 0. The first-order valence-electron chi connectivity index (χ1n) is 14.5. The van der Waals surface area contributed by atoms with Crippen molar-refractivity contribution in [3.63, 3.8) is 0 Å². The van der Waals surface area contributed by atoms with Gasteiger partial charge in [-0.05, 0) is 44.8 Å². The Kier molecular flexibility index (Phi) is 4.67. The SMILES string of the molecule is CC1(C)c2c(c3ccccc3c3ccccc23)-c2c1c1ccccc1n2-c1nc(-c2ccccc2)c2ccccc2n1. The predicted molar refractivity (Wildman–Crippen MR) is 174 cm³/mol. The zero-order valence-corrected chi connectivity index (χ0v) is 23.5. The van der Waals surface area contributed by atoms with Gasteiger partial charge >= 0.3 is 0 Å². The molecule has 0 bridgehead atoms. The van der Waals surface area contributed by atoms with Crippen molar-refractivity contribution in [2.75, 3.05) is 0 Å². The topological polar surface area (TPSA) is 30.7 Å². The maximum Gasteiger partial charge on any atom is 0.235 e. The van der Waals surface area contributed by atoms with Gasteiger partial charge < -0.3 is 0 Å². The lowest BCUT2D eigenvalue weighted by Gasteiger charge is -2.24. The smallest absolute Gasteiger partial charge is 0.235 e. The largest absolute Gasteiger partial charge is 0.278 e. The molecule has 0 radical (unpaired) electrons. The lowest BCUT2D eigenvalue weighted by atomic mass is 9.78. The van der Waals surface area contributed by atoms with Crippen molar-refractivity contribution >= 4 is 43.4 Å². The molecule has 0 aliphatic heterocycles. The Morgan fingerprint density at radius 2 is 1.07 bits per heavy atom. The molecule has 198 valence electrons. The lowest BCUT2D eigenvalue weighted by Crippen LogP contribution is -2.15. The van der Waals surface area contributed by atoms with Crippen molar-refractivity contribution < 1.29 is 0 Å². The van der Waals surface area contributed by atoms with Crippen molar-refractivity contribution in [3.05, 3.63) is 139 Å². The van der Waals surface area contributed by atoms with Gasteiger partial charge in [-0.3, -0.25) is 4.57 Å². The second kappa shape index (κ2) is 8.37. The second-order valence-corrected chi connectivity index (χ2v) is 11.8. The highest BCUT2D eigenvalue weighted by molar-refractivity contribution is 6.19. The van der Waals surface area contributed by atoms with E-state index >= 15 is 0 Å². The normalized spacial score (nSPS) is 13.7. The molecule has 2 heterocycles. The van der Waals surface area contributed by atoms with E-state index in [1.807, 2.05) is 0 Å². The fourth-order valence-electron chi connectivity index (χ4n) is 7.46. The third-order valence-corrected chi connectivity index (χ3v) is 9.13. The zero-order valence-electron chi connectivity index (χ0n) is 23.5. The number of nitrogens with zero attached hydrogens (tertiary/aromatic N) is 3. The lowest BCUT2D eigenvalue weighted by molar-refractivity contribution is 0.672. The molecule has 0 fully saturated rings. The van der Waals surface area contributed by atoms with Crippen LogP contribution in [0.1, 0.15) is 25.0 Å². The van der Waals surface area contributed by atoms with Gasteiger partial charge in [-0.2, -0.15) is 0 Å². The number of benzene rings is 6. The van der Waals surface area contributed by atoms with E-state index in [1.54, 1.807) is 0 Å². The highest BCUT2D eigenvalue weighted by Gasteiger charge is 2.43. The molecule has 0 saturated carbocycles. The zero-order chi connectivity index (χ0) is 28.0. The van der Waals surface area contributed by atoms with E-state index in [9.17, 15) is 0 Å². The van der Waals surface area contributed by atoms with Gasteiger partial charge in [-0.1, -0.05) is 129 Å². The highest BCUT2D eigenvalue weighted by atomic mass is 15.2. The summed E-state index contributed by atoms with van der Waals surface area (Å²) in [6.45, 7) is 4.76. The van der Waals surface area contributed by atoms with Crippen molar-refractivity contribution in [2.24, 2.45) is 0 Å². The fourth-order valence-corrected chi connectivity index (χ4v) is 7.46. The third kappa shape index (κ3) is 3.00. The Hall–Kier alpha value is -5.28. The van der Waals surface area contributed by atoms with Gasteiger partial charge in [-0.25, -0.2) is 9.97 Å². The fraction of sp³-hybridized carbons (Fsp3) is 0.0769. The summed E-state index contributed by atoms with van der Waals surface area (Å²) in [6.07, 6.45) is 0. The van der Waals surface area contributed by atoms with Crippen LogP contribution in [0, 0.1) is 0 Å². The molecule has 0 spiro atoms. The van der Waals surface area contributed by atoms with Crippen molar-refractivity contribution in [2.45, 2.75) is 19.3 Å². The summed E-state index contributed by atoms with van der Waals surface area (Å²) in [4.78, 5) is 10.6. The van der Waals surface area contributed by atoms with Crippen LogP contribution in [0.2, 0.25) is 0 Å². The van der Waals surface area contributed by atoms with Gasteiger partial charge in [0, 0.05) is 27.3 Å². The number of hydrogen-bond acceptors (Lipinski definition) is 2. The molecule has 0 unspecified atom stereocenters. The standard InChI is InChI=1S/C39H27N3/c1-39(2)34-28-19-9-7-17-26(28)25-16-6-8-18-27(25)33(34)37-35(39)30-21-11-13-23-32(30)42(37)38-40-31-22-12-10-20-29(31)36(41-38)24-14-4-3-5-15-24/h3-23H,1-2H3. The van der Waals surface area contributed by atoms with Crippen LogP contribution < -0.4 is 0 Å². The molecular weight excluding hydrogens is 510 g/mol. The molecule has 42 heavy (non-hydrogen) atoms. The minimum Gasteiger partial charge on any atom is -0.278 e. The minimum atomic E-state index is -0.224. The Balaban J connectivity index is 1.49. The Morgan fingerprint density at radius 1 is 0.500 bits per heavy atom. The average molecular weight is 538 g/mol. The monoisotopic (exact) mass is 537 g/mol. The molecule has 1 aliphatic carbocycles. The first-order chi connectivity index (χ1) is 20.6. The molecule has 0 atom stereocenters. The number of para-hydroxylation sites is 2. The molecule has 6 aromatic carbocycles. The van der Waals surface area contributed by atoms with Gasteiger partial charge in [0.1, 0.15) is 0 Å². The van der Waals surface area contributed by atoms with Crippen molar-refractivity contribution in [3.8, 4) is 28.5 Å². The maximum absolute atomic E-state index is 5.36. The quantitative estimate of drug-likeness (QED) is 0.205. The molecule has 3 nitrogen and oxygen atoms in total. The van der Waals surface area contributed by atoms with Crippen LogP contribution in [0.15, 0.2) is 127 Å². The average Bonchev–Trinajstić information content (AvgIpc) is 3.51. The van der Waals surface area contributed by atoms with Crippen LogP contribution in [0.3, 0.4) is 0 Å². The third-order valence-electron chi connectivity index (χ3n) is 9.13. The summed E-state index contributed by atoms with van der Waals surface area (Å²) in [5.41, 5.74) is 9.09. The van der Waals surface area contributed by atoms with Gasteiger partial charge in [0.05, 0.1) is 22.4 Å². The molecule has 0 saturated heterocycles. The molecule has 9 rings (SSSR count). The van der Waals surface area contributed by atoms with E-state index in [0.717, 1.165) is 27.7 Å². The van der Waals surface area contributed by atoms with Crippen LogP contribution in [0.5, 0.6) is 0 Å². The Labute approximate surface area is 243 Å². The van der Waals surface area contributed by atoms with Crippen molar-refractivity contribution in [1.29, 1.82) is 0 Å². The molecule has 1 aliphatic rings. The summed E-state index contributed by atoms with van der Waals surface area (Å²) < 4.78 is 2.33. The van der Waals surface area contributed by atoms with Gasteiger partial charge in [-0.15, -0.1) is 0 Å². The van der Waals surface area contributed by atoms with E-state index in [2.05, 4.69) is 146 Å². The van der Waals surface area contributed by atoms with E-state index in [-0.39, 0.29) is 5.41 Å². The second-order valence-electron chi connectivity index (χ2n) is 11.8. The van der Waals surface area contributed by atoms with Crippen LogP contribution in [-0.4, -0.2) is 14.5 Å². The molecule has 0 amide bonds. The number of aromatic nitrogens is 3. The van der Waals surface area contributed by atoms with Crippen LogP contribution in [0.25, 0.3) is 71.8 Å². The summed E-state index contributed by atoms with van der Waals surface area (Å²) in [6, 6.07) is 45.3. The van der Waals surface area contributed by atoms with E-state index < -0.39 is 0 Å². The number of rotatable bonds is 2. The van der Waals surface area contributed by atoms with E-state index in [1.165, 1.54) is 49.3 Å². The molecule has 0 N–H and O–H groups in total. The summed E-state index contributed by atoms with van der Waals surface area (Å²) in [5.74, 6) is 0.700. The van der Waals surface area contributed by atoms with E-state index in [0.29, 0.717) is 5.95 Å². The molecule has 3 heteroatoms. The van der Waals surface area contributed by atoms with Crippen LogP contribution >= 0.6 is 0 Å². The van der Waals surface area contributed by atoms with Gasteiger partial charge in [0.15, 0.2) is 0 Å². The maximum atomic E-state index is 5.36. The van der Waals surface area contributed by atoms with Gasteiger partial charge in [0.2, 0.25) is 5.95 Å². The molecular formula is C39H27N3. The van der Waals surface area contributed by atoms with Crippen LogP contribution in [-0.2, 0) is 5.41 Å². The Morgan fingerprint density at radius 3 is 1.83 bits per heavy atom. The van der Waals surface area contributed by atoms with E-state index in [4.69, 9.17) is 9.97 Å². The number of fused-ring (bicyclic) bond motifs is 11. The Bertz CT molecular complexity index is 2380.